The topological polar surface area (TPSA) is 0 Å². The molecule has 3 atom stereocenters. The van der Waals surface area contributed by atoms with Crippen LogP contribution in [-0.4, -0.2) is 0 Å². The van der Waals surface area contributed by atoms with Crippen LogP contribution in [0.25, 0.3) is 21.0 Å². The molecule has 23 heavy (non-hydrogen) atoms. The minimum Gasteiger partial charge on any atom is -0.105 e. The molecule has 1 heteroatoms. The van der Waals surface area contributed by atoms with Crippen molar-refractivity contribution in [3.8, 4) is 0 Å². The van der Waals surface area contributed by atoms with Gasteiger partial charge in [0.25, 0.3) is 0 Å². The molecule has 1 heterocycles. The van der Waals surface area contributed by atoms with Gasteiger partial charge in [-0.25, -0.2) is 0 Å². The van der Waals surface area contributed by atoms with E-state index in [1.807, 2.05) is 0 Å². The van der Waals surface area contributed by atoms with Crippen LogP contribution in [-0.2, 0) is 0 Å². The normalized spacial score (nSPS) is 25.5. The van der Waals surface area contributed by atoms with Crippen molar-refractivity contribution in [3.63, 3.8) is 0 Å². The number of hydrogen-bond acceptors (Lipinski definition) is 0. The Labute approximate surface area is 141 Å². The largest absolute Gasteiger partial charge is 0.105 e. The summed E-state index contributed by atoms with van der Waals surface area (Å²) in [6.45, 7) is 7.35. The van der Waals surface area contributed by atoms with Gasteiger partial charge in [0.2, 0.25) is 0 Å². The van der Waals surface area contributed by atoms with Gasteiger partial charge in [-0.2, -0.15) is 0 Å². The fourth-order valence-electron chi connectivity index (χ4n) is 4.76. The van der Waals surface area contributed by atoms with Gasteiger partial charge in [-0.3, -0.25) is 0 Å². The predicted octanol–water partition coefficient (Wildman–Crippen LogP) is 7.61. The molecule has 0 N–H and O–H groups in total. The van der Waals surface area contributed by atoms with Gasteiger partial charge >= 0.3 is 0 Å². The van der Waals surface area contributed by atoms with Crippen LogP contribution in [0.4, 0.5) is 0 Å². The molecule has 1 aromatic heterocycles. The van der Waals surface area contributed by atoms with Crippen molar-refractivity contribution in [2.75, 3.05) is 0 Å². The summed E-state index contributed by atoms with van der Waals surface area (Å²) in [5.74, 6) is 2.57. The molecule has 0 aliphatic heterocycles. The molecule has 0 saturated heterocycles. The molecule has 1 saturated carbocycles. The van der Waals surface area contributed by atoms with Gasteiger partial charge in [-0.05, 0) is 41.4 Å². The van der Waals surface area contributed by atoms with E-state index >= 15 is 0 Å². The first-order valence-corrected chi connectivity index (χ1v) is 10.6. The average molecular weight is 322 g/mol. The van der Waals surface area contributed by atoms with Crippen LogP contribution in [0.5, 0.6) is 0 Å². The lowest BCUT2D eigenvalue weighted by molar-refractivity contribution is 0.225. The van der Waals surface area contributed by atoms with E-state index in [1.54, 1.807) is 10.2 Å². The maximum absolute atomic E-state index is 2.47. The van der Waals surface area contributed by atoms with E-state index < -0.39 is 0 Å². The standard InChI is InChI=1S/C22H27P/c1-15(2)17-13-12-16(3)14-22(17)23-20-10-6-4-8-18(20)19-9-5-7-11-21(19)23/h4-11,15-17,22H,12-14H2,1-3H3. The van der Waals surface area contributed by atoms with Crippen molar-refractivity contribution in [2.24, 2.45) is 17.8 Å². The van der Waals surface area contributed by atoms with Crippen LogP contribution in [0, 0.1) is 17.8 Å². The van der Waals surface area contributed by atoms with E-state index in [1.165, 1.54) is 30.0 Å². The van der Waals surface area contributed by atoms with Crippen LogP contribution >= 0.6 is 7.53 Å². The lowest BCUT2D eigenvalue weighted by atomic mass is 9.77. The molecule has 0 bridgehead atoms. The van der Waals surface area contributed by atoms with E-state index in [4.69, 9.17) is 0 Å². The molecule has 3 unspecified atom stereocenters. The van der Waals surface area contributed by atoms with Crippen LogP contribution < -0.4 is 0 Å². The zero-order chi connectivity index (χ0) is 16.0. The fraction of sp³-hybridized carbons (Fsp3) is 0.455. The Balaban J connectivity index is 1.98. The smallest absolute Gasteiger partial charge is 0.00266 e. The van der Waals surface area contributed by atoms with Gasteiger partial charge in [-0.1, -0.05) is 75.7 Å². The highest BCUT2D eigenvalue weighted by Gasteiger charge is 2.33. The maximum Gasteiger partial charge on any atom is 0.00266 e. The van der Waals surface area contributed by atoms with Crippen molar-refractivity contribution >= 4 is 28.5 Å². The van der Waals surface area contributed by atoms with Crippen LogP contribution in [0.15, 0.2) is 48.5 Å². The highest BCUT2D eigenvalue weighted by molar-refractivity contribution is 7.61. The van der Waals surface area contributed by atoms with Gasteiger partial charge in [0.05, 0.1) is 0 Å². The molecule has 2 aromatic carbocycles. The predicted molar refractivity (Wildman–Crippen MR) is 105 cm³/mol. The molecule has 1 aliphatic carbocycles. The lowest BCUT2D eigenvalue weighted by Crippen LogP contribution is -2.23. The van der Waals surface area contributed by atoms with Crippen LogP contribution in [0.1, 0.15) is 45.7 Å². The zero-order valence-electron chi connectivity index (χ0n) is 14.5. The lowest BCUT2D eigenvalue weighted by Gasteiger charge is -2.38. The number of benzene rings is 2. The van der Waals surface area contributed by atoms with Crippen molar-refractivity contribution in [3.05, 3.63) is 48.5 Å². The van der Waals surface area contributed by atoms with Crippen LogP contribution in [0.2, 0.25) is 0 Å². The second-order valence-electron chi connectivity index (χ2n) is 7.80. The monoisotopic (exact) mass is 322 g/mol. The molecule has 0 spiro atoms. The molecule has 1 fully saturated rings. The highest BCUT2D eigenvalue weighted by atomic mass is 31.1. The minimum atomic E-state index is -0.193. The zero-order valence-corrected chi connectivity index (χ0v) is 15.4. The van der Waals surface area contributed by atoms with Gasteiger partial charge in [0, 0.05) is 15.9 Å². The van der Waals surface area contributed by atoms with Crippen LogP contribution in [0.3, 0.4) is 0 Å². The Morgan fingerprint density at radius 2 is 1.43 bits per heavy atom. The number of hydrogen-bond donors (Lipinski definition) is 0. The molecular weight excluding hydrogens is 295 g/mol. The number of fused-ring (bicyclic) bond motifs is 3. The summed E-state index contributed by atoms with van der Waals surface area (Å²) in [6.07, 6.45) is 4.26. The number of rotatable bonds is 2. The SMILES string of the molecule is CC1CCC(C(C)C)C(p2c3ccccc3c3ccccc32)C1. The molecule has 120 valence electrons. The third-order valence-corrected chi connectivity index (χ3v) is 9.01. The van der Waals surface area contributed by atoms with E-state index in [2.05, 4.69) is 69.3 Å². The molecule has 4 rings (SSSR count). The summed E-state index contributed by atoms with van der Waals surface area (Å²) in [6, 6.07) is 18.4. The molecule has 0 radical (unpaired) electrons. The summed E-state index contributed by atoms with van der Waals surface area (Å²) < 4.78 is 0. The van der Waals surface area contributed by atoms with E-state index in [0.717, 1.165) is 23.4 Å². The fourth-order valence-corrected chi connectivity index (χ4v) is 8.58. The third-order valence-electron chi connectivity index (χ3n) is 5.94. The Hall–Kier alpha value is -1.26. The molecule has 0 amide bonds. The Morgan fingerprint density at radius 3 is 2.00 bits per heavy atom. The first-order chi connectivity index (χ1) is 11.2. The maximum atomic E-state index is 2.47. The van der Waals surface area contributed by atoms with Gasteiger partial charge in [0.1, 0.15) is 0 Å². The van der Waals surface area contributed by atoms with E-state index in [9.17, 15) is 0 Å². The highest BCUT2D eigenvalue weighted by Crippen LogP contribution is 2.62. The first-order valence-electron chi connectivity index (χ1n) is 9.14. The minimum absolute atomic E-state index is 0.193. The van der Waals surface area contributed by atoms with Crippen molar-refractivity contribution in [1.82, 2.24) is 0 Å². The van der Waals surface area contributed by atoms with Gasteiger partial charge < -0.3 is 0 Å². The van der Waals surface area contributed by atoms with Crippen molar-refractivity contribution < 1.29 is 0 Å². The average Bonchev–Trinajstić information content (AvgIpc) is 2.89. The van der Waals surface area contributed by atoms with Crippen molar-refractivity contribution in [1.29, 1.82) is 0 Å². The molecule has 0 nitrogen and oxygen atoms in total. The first kappa shape index (κ1) is 15.3. The van der Waals surface area contributed by atoms with Gasteiger partial charge in [-0.15, -0.1) is 7.53 Å². The molecule has 3 aromatic rings. The van der Waals surface area contributed by atoms with E-state index in [-0.39, 0.29) is 7.53 Å². The van der Waals surface area contributed by atoms with E-state index in [0.29, 0.717) is 0 Å². The Morgan fingerprint density at radius 1 is 0.870 bits per heavy atom. The second kappa shape index (κ2) is 5.99. The third kappa shape index (κ3) is 2.52. The summed E-state index contributed by atoms with van der Waals surface area (Å²) in [7, 11) is -0.193. The Bertz CT molecular complexity index is 773. The summed E-state index contributed by atoms with van der Waals surface area (Å²) in [4.78, 5) is 0. The van der Waals surface area contributed by atoms with Gasteiger partial charge in [0.15, 0.2) is 0 Å². The molecular formula is C22H27P. The summed E-state index contributed by atoms with van der Waals surface area (Å²) in [5, 5.41) is 6.31. The quantitative estimate of drug-likeness (QED) is 0.455. The summed E-state index contributed by atoms with van der Waals surface area (Å²) in [5.41, 5.74) is 0.860. The molecule has 1 aliphatic rings. The summed E-state index contributed by atoms with van der Waals surface area (Å²) >= 11 is 0. The van der Waals surface area contributed by atoms with Crippen molar-refractivity contribution in [2.45, 2.75) is 45.7 Å². The second-order valence-corrected chi connectivity index (χ2v) is 10.2. The Kier molecular flexibility index (Phi) is 3.98.